The zero-order chi connectivity index (χ0) is 15.4. The molecule has 0 saturated carbocycles. The third-order valence-corrected chi connectivity index (χ3v) is 2.38. The molecule has 1 heterocycles. The van der Waals surface area contributed by atoms with E-state index in [0.29, 0.717) is 5.69 Å². The van der Waals surface area contributed by atoms with Crippen molar-refractivity contribution in [2.75, 3.05) is 5.32 Å². The lowest BCUT2D eigenvalue weighted by molar-refractivity contribution is -0.0498. The van der Waals surface area contributed by atoms with Gasteiger partial charge in [-0.15, -0.1) is 0 Å². The van der Waals surface area contributed by atoms with Crippen LogP contribution >= 0.6 is 0 Å². The number of benzene rings is 1. The zero-order valence-electron chi connectivity index (χ0n) is 10.4. The van der Waals surface area contributed by atoms with Crippen molar-refractivity contribution in [3.63, 3.8) is 0 Å². The first-order chi connectivity index (χ1) is 9.95. The molecule has 0 atom stereocenters. The molecule has 21 heavy (non-hydrogen) atoms. The predicted molar refractivity (Wildman–Crippen MR) is 66.7 cm³/mol. The molecule has 0 spiro atoms. The molecule has 0 unspecified atom stereocenters. The molecule has 1 aromatic heterocycles. The van der Waals surface area contributed by atoms with Crippen LogP contribution in [0.3, 0.4) is 0 Å². The number of amides is 1. The highest BCUT2D eigenvalue weighted by atomic mass is 19.3. The summed E-state index contributed by atoms with van der Waals surface area (Å²) in [6, 6.07) is 7.59. The van der Waals surface area contributed by atoms with Crippen LogP contribution in [0.15, 0.2) is 40.8 Å². The minimum Gasteiger partial charge on any atom is -0.475 e. The monoisotopic (exact) mass is 297 g/mol. The standard InChI is InChI=1S/C13H9F2NO5/c14-13(15)20-8-3-1-7(2-4-8)16-11(17)9-5-6-10(21-9)12(18)19/h1-6,13H,(H,16,17)(H,18,19). The molecule has 6 nitrogen and oxygen atoms in total. The van der Waals surface area contributed by atoms with Crippen LogP contribution in [0.2, 0.25) is 0 Å². The molecule has 2 rings (SSSR count). The fourth-order valence-electron chi connectivity index (χ4n) is 1.49. The number of hydrogen-bond donors (Lipinski definition) is 2. The molecule has 0 saturated heterocycles. The Kier molecular flexibility index (Phi) is 4.17. The van der Waals surface area contributed by atoms with Gasteiger partial charge >= 0.3 is 12.6 Å². The molecule has 0 fully saturated rings. The maximum Gasteiger partial charge on any atom is 0.387 e. The van der Waals surface area contributed by atoms with Crippen LogP contribution in [-0.2, 0) is 0 Å². The average molecular weight is 297 g/mol. The van der Waals surface area contributed by atoms with Crippen LogP contribution in [0, 0.1) is 0 Å². The van der Waals surface area contributed by atoms with Gasteiger partial charge in [-0.2, -0.15) is 8.78 Å². The average Bonchev–Trinajstić information content (AvgIpc) is 2.90. The molecule has 0 radical (unpaired) electrons. The minimum atomic E-state index is -2.93. The van der Waals surface area contributed by atoms with E-state index in [1.165, 1.54) is 30.3 Å². The number of carbonyl (C=O) groups excluding carboxylic acids is 1. The van der Waals surface area contributed by atoms with E-state index in [2.05, 4.69) is 10.1 Å². The SMILES string of the molecule is O=C(O)c1ccc(C(=O)Nc2ccc(OC(F)F)cc2)o1. The van der Waals surface area contributed by atoms with Gasteiger partial charge in [0.2, 0.25) is 5.76 Å². The summed E-state index contributed by atoms with van der Waals surface area (Å²) in [5.41, 5.74) is 0.315. The van der Waals surface area contributed by atoms with Crippen molar-refractivity contribution < 1.29 is 32.6 Å². The van der Waals surface area contributed by atoms with Crippen molar-refractivity contribution >= 4 is 17.6 Å². The highest BCUT2D eigenvalue weighted by molar-refractivity contribution is 6.02. The molecule has 2 N–H and O–H groups in total. The van der Waals surface area contributed by atoms with Crippen molar-refractivity contribution in [1.29, 1.82) is 0 Å². The highest BCUT2D eigenvalue weighted by Gasteiger charge is 2.15. The molecule has 1 aromatic carbocycles. The van der Waals surface area contributed by atoms with Crippen LogP contribution in [0.4, 0.5) is 14.5 Å². The summed E-state index contributed by atoms with van der Waals surface area (Å²) in [7, 11) is 0. The van der Waals surface area contributed by atoms with Crippen LogP contribution < -0.4 is 10.1 Å². The van der Waals surface area contributed by atoms with Crippen molar-refractivity contribution in [3.8, 4) is 5.75 Å². The summed E-state index contributed by atoms with van der Waals surface area (Å²) in [5.74, 6) is -2.54. The number of carboxylic acids is 1. The summed E-state index contributed by atoms with van der Waals surface area (Å²) in [4.78, 5) is 22.4. The molecule has 1 amide bonds. The second-order valence-corrected chi connectivity index (χ2v) is 3.83. The molecular weight excluding hydrogens is 288 g/mol. The lowest BCUT2D eigenvalue weighted by Gasteiger charge is -2.06. The number of rotatable bonds is 5. The molecular formula is C13H9F2NO5. The summed E-state index contributed by atoms with van der Waals surface area (Å²) < 4.78 is 32.9. The second kappa shape index (κ2) is 6.04. The van der Waals surface area contributed by atoms with Gasteiger partial charge in [-0.25, -0.2) is 4.79 Å². The van der Waals surface area contributed by atoms with Gasteiger partial charge in [0, 0.05) is 5.69 Å². The molecule has 8 heteroatoms. The van der Waals surface area contributed by atoms with Crippen molar-refractivity contribution in [2.24, 2.45) is 0 Å². The number of anilines is 1. The number of nitrogens with one attached hydrogen (secondary N) is 1. The lowest BCUT2D eigenvalue weighted by atomic mass is 10.3. The second-order valence-electron chi connectivity index (χ2n) is 3.83. The Balaban J connectivity index is 2.03. The number of aromatic carboxylic acids is 1. The van der Waals surface area contributed by atoms with Crippen LogP contribution in [0.25, 0.3) is 0 Å². The van der Waals surface area contributed by atoms with Crippen molar-refractivity contribution in [3.05, 3.63) is 47.9 Å². The van der Waals surface area contributed by atoms with Crippen LogP contribution in [0.5, 0.6) is 5.75 Å². The van der Waals surface area contributed by atoms with Gasteiger partial charge in [0.1, 0.15) is 5.75 Å². The fraction of sp³-hybridized carbons (Fsp3) is 0.0769. The zero-order valence-corrected chi connectivity index (χ0v) is 10.4. The molecule has 0 aliphatic rings. The van der Waals surface area contributed by atoms with Crippen molar-refractivity contribution in [1.82, 2.24) is 0 Å². The number of alkyl halides is 2. The molecule has 0 bridgehead atoms. The first-order valence-electron chi connectivity index (χ1n) is 5.65. The maximum absolute atomic E-state index is 12.0. The van der Waals surface area contributed by atoms with E-state index in [1.807, 2.05) is 0 Å². The van der Waals surface area contributed by atoms with E-state index >= 15 is 0 Å². The molecule has 110 valence electrons. The van der Waals surface area contributed by atoms with Gasteiger partial charge in [0.05, 0.1) is 0 Å². The predicted octanol–water partition coefficient (Wildman–Crippen LogP) is 2.83. The Hall–Kier alpha value is -2.90. The quantitative estimate of drug-likeness (QED) is 0.885. The third kappa shape index (κ3) is 3.78. The summed E-state index contributed by atoms with van der Waals surface area (Å²) in [6.45, 7) is -2.93. The normalized spacial score (nSPS) is 10.4. The Morgan fingerprint density at radius 1 is 1.10 bits per heavy atom. The Bertz CT molecular complexity index is 651. The van der Waals surface area contributed by atoms with E-state index in [4.69, 9.17) is 9.52 Å². The smallest absolute Gasteiger partial charge is 0.387 e. The van der Waals surface area contributed by atoms with Gasteiger partial charge in [-0.05, 0) is 36.4 Å². The topological polar surface area (TPSA) is 88.8 Å². The first kappa shape index (κ1) is 14.5. The van der Waals surface area contributed by atoms with Crippen molar-refractivity contribution in [2.45, 2.75) is 6.61 Å². The van der Waals surface area contributed by atoms with Crippen LogP contribution in [0.1, 0.15) is 21.1 Å². The van der Waals surface area contributed by atoms with E-state index < -0.39 is 18.5 Å². The van der Waals surface area contributed by atoms with E-state index in [0.717, 1.165) is 6.07 Å². The van der Waals surface area contributed by atoms with Gasteiger partial charge in [-0.3, -0.25) is 4.79 Å². The molecule has 0 aliphatic heterocycles. The lowest BCUT2D eigenvalue weighted by Crippen LogP contribution is -2.11. The Labute approximate surface area is 116 Å². The number of hydrogen-bond acceptors (Lipinski definition) is 4. The first-order valence-corrected chi connectivity index (χ1v) is 5.65. The summed E-state index contributed by atoms with van der Waals surface area (Å²) in [5, 5.41) is 11.1. The summed E-state index contributed by atoms with van der Waals surface area (Å²) in [6.07, 6.45) is 0. The third-order valence-electron chi connectivity index (χ3n) is 2.38. The minimum absolute atomic E-state index is 0.0471. The number of carboxylic acid groups (broad SMARTS) is 1. The van der Waals surface area contributed by atoms with Crippen LogP contribution in [-0.4, -0.2) is 23.6 Å². The van der Waals surface area contributed by atoms with Gasteiger partial charge < -0.3 is 19.6 Å². The number of carbonyl (C=O) groups is 2. The van der Waals surface area contributed by atoms with E-state index in [1.54, 1.807) is 0 Å². The highest BCUT2D eigenvalue weighted by Crippen LogP contribution is 2.18. The van der Waals surface area contributed by atoms with Gasteiger partial charge in [0.15, 0.2) is 5.76 Å². The molecule has 0 aliphatic carbocycles. The van der Waals surface area contributed by atoms with E-state index in [9.17, 15) is 18.4 Å². The Morgan fingerprint density at radius 2 is 1.71 bits per heavy atom. The van der Waals surface area contributed by atoms with E-state index in [-0.39, 0.29) is 17.3 Å². The number of furan rings is 1. The Morgan fingerprint density at radius 3 is 2.24 bits per heavy atom. The van der Waals surface area contributed by atoms with Gasteiger partial charge in [-0.1, -0.05) is 0 Å². The number of ether oxygens (including phenoxy) is 1. The largest absolute Gasteiger partial charge is 0.475 e. The van der Waals surface area contributed by atoms with Gasteiger partial charge in [0.25, 0.3) is 5.91 Å². The molecule has 2 aromatic rings. The summed E-state index contributed by atoms with van der Waals surface area (Å²) >= 11 is 0. The maximum atomic E-state index is 12.0. The number of halogens is 2. The fourth-order valence-corrected chi connectivity index (χ4v) is 1.49.